The normalized spacial score (nSPS) is 31.0. The molecule has 0 spiro atoms. The van der Waals surface area contributed by atoms with E-state index in [-0.39, 0.29) is 6.04 Å². The number of carboxylic acid groups (broad SMARTS) is 1. The van der Waals surface area contributed by atoms with E-state index in [0.29, 0.717) is 11.8 Å². The summed E-state index contributed by atoms with van der Waals surface area (Å²) in [6, 6.07) is 0.224. The van der Waals surface area contributed by atoms with Crippen LogP contribution in [0.4, 0.5) is 0 Å². The third kappa shape index (κ3) is 2.97. The van der Waals surface area contributed by atoms with E-state index in [1.54, 1.807) is 0 Å². The Bertz CT molecular complexity index is 250. The molecule has 16 heavy (non-hydrogen) atoms. The number of aliphatic carboxylic acids is 1. The van der Waals surface area contributed by atoms with Crippen LogP contribution >= 0.6 is 0 Å². The summed E-state index contributed by atoms with van der Waals surface area (Å²) in [7, 11) is 0. The fraction of sp³-hybridized carbons (Fsp3) is 0.923. The molecule has 0 aromatic heterocycles. The Morgan fingerprint density at radius 3 is 2.44 bits per heavy atom. The SMILES string of the molecule is CC(C)NC1(C(=O)O)CCCC(C(C)C)C1. The molecular weight excluding hydrogens is 202 g/mol. The molecule has 0 aromatic rings. The van der Waals surface area contributed by atoms with Crippen molar-refractivity contribution in [2.75, 3.05) is 0 Å². The third-order valence-corrected chi connectivity index (χ3v) is 3.71. The second-order valence-corrected chi connectivity index (χ2v) is 5.79. The number of nitrogens with one attached hydrogen (secondary N) is 1. The molecule has 94 valence electrons. The predicted molar refractivity (Wildman–Crippen MR) is 65.4 cm³/mol. The highest BCUT2D eigenvalue weighted by molar-refractivity contribution is 5.79. The van der Waals surface area contributed by atoms with Gasteiger partial charge in [-0.3, -0.25) is 10.1 Å². The molecule has 0 aliphatic heterocycles. The second-order valence-electron chi connectivity index (χ2n) is 5.79. The third-order valence-electron chi connectivity index (χ3n) is 3.71. The van der Waals surface area contributed by atoms with Gasteiger partial charge in [-0.05, 0) is 38.5 Å². The lowest BCUT2D eigenvalue weighted by Gasteiger charge is -2.41. The van der Waals surface area contributed by atoms with Crippen LogP contribution in [0.1, 0.15) is 53.4 Å². The molecule has 1 rings (SSSR count). The number of hydrogen-bond donors (Lipinski definition) is 2. The highest BCUT2D eigenvalue weighted by Gasteiger charge is 2.43. The summed E-state index contributed by atoms with van der Waals surface area (Å²) in [5, 5.41) is 12.8. The Morgan fingerprint density at radius 1 is 1.38 bits per heavy atom. The van der Waals surface area contributed by atoms with E-state index in [0.717, 1.165) is 19.3 Å². The number of rotatable bonds is 4. The first-order valence-electron chi connectivity index (χ1n) is 6.38. The van der Waals surface area contributed by atoms with Crippen LogP contribution in [0.3, 0.4) is 0 Å². The zero-order valence-electron chi connectivity index (χ0n) is 10.9. The molecule has 2 N–H and O–H groups in total. The first-order valence-corrected chi connectivity index (χ1v) is 6.38. The minimum atomic E-state index is -0.679. The van der Waals surface area contributed by atoms with Crippen molar-refractivity contribution in [2.24, 2.45) is 11.8 Å². The molecule has 1 aliphatic rings. The van der Waals surface area contributed by atoms with Crippen molar-refractivity contribution >= 4 is 5.97 Å². The van der Waals surface area contributed by atoms with Crippen molar-refractivity contribution in [3.8, 4) is 0 Å². The molecule has 2 atom stereocenters. The van der Waals surface area contributed by atoms with E-state index >= 15 is 0 Å². The molecule has 0 bridgehead atoms. The highest BCUT2D eigenvalue weighted by atomic mass is 16.4. The van der Waals surface area contributed by atoms with Gasteiger partial charge in [0.2, 0.25) is 0 Å². The van der Waals surface area contributed by atoms with Gasteiger partial charge in [0.25, 0.3) is 0 Å². The smallest absolute Gasteiger partial charge is 0.323 e. The molecule has 0 aromatic carbocycles. The quantitative estimate of drug-likeness (QED) is 0.776. The molecule has 3 heteroatoms. The molecule has 3 nitrogen and oxygen atoms in total. The standard InChI is InChI=1S/C13H25NO2/c1-9(2)11-6-5-7-13(8-11,12(15)16)14-10(3)4/h9-11,14H,5-8H2,1-4H3,(H,15,16). The van der Waals surface area contributed by atoms with E-state index in [9.17, 15) is 9.90 Å². The second kappa shape index (κ2) is 5.17. The van der Waals surface area contributed by atoms with E-state index in [4.69, 9.17) is 0 Å². The van der Waals surface area contributed by atoms with Gasteiger partial charge in [-0.15, -0.1) is 0 Å². The number of hydrogen-bond acceptors (Lipinski definition) is 2. The van der Waals surface area contributed by atoms with Crippen molar-refractivity contribution in [3.05, 3.63) is 0 Å². The van der Waals surface area contributed by atoms with Gasteiger partial charge < -0.3 is 5.11 Å². The van der Waals surface area contributed by atoms with Gasteiger partial charge in [-0.25, -0.2) is 0 Å². The van der Waals surface area contributed by atoms with Gasteiger partial charge in [0.1, 0.15) is 5.54 Å². The highest BCUT2D eigenvalue weighted by Crippen LogP contribution is 2.36. The molecule has 0 radical (unpaired) electrons. The molecule has 0 amide bonds. The summed E-state index contributed by atoms with van der Waals surface area (Å²) in [6.07, 6.45) is 3.74. The van der Waals surface area contributed by atoms with E-state index in [1.165, 1.54) is 6.42 Å². The van der Waals surface area contributed by atoms with Gasteiger partial charge in [0.05, 0.1) is 0 Å². The van der Waals surface area contributed by atoms with Crippen LogP contribution in [0.15, 0.2) is 0 Å². The van der Waals surface area contributed by atoms with E-state index < -0.39 is 11.5 Å². The largest absolute Gasteiger partial charge is 0.480 e. The molecular formula is C13H25NO2. The minimum Gasteiger partial charge on any atom is -0.480 e. The van der Waals surface area contributed by atoms with Crippen LogP contribution in [0.2, 0.25) is 0 Å². The summed E-state index contributed by atoms with van der Waals surface area (Å²) in [5.41, 5.74) is -0.679. The maximum Gasteiger partial charge on any atom is 0.323 e. The minimum absolute atomic E-state index is 0.224. The zero-order chi connectivity index (χ0) is 12.3. The molecule has 1 fully saturated rings. The van der Waals surface area contributed by atoms with Crippen molar-refractivity contribution in [3.63, 3.8) is 0 Å². The Morgan fingerprint density at radius 2 is 2.00 bits per heavy atom. The lowest BCUT2D eigenvalue weighted by atomic mass is 9.71. The zero-order valence-corrected chi connectivity index (χ0v) is 10.9. The maximum absolute atomic E-state index is 11.5. The molecule has 2 unspecified atom stereocenters. The number of carbonyl (C=O) groups is 1. The summed E-state index contributed by atoms with van der Waals surface area (Å²) in [5.74, 6) is 0.440. The van der Waals surface area contributed by atoms with Crippen LogP contribution in [0.5, 0.6) is 0 Å². The van der Waals surface area contributed by atoms with Crippen molar-refractivity contribution < 1.29 is 9.90 Å². The lowest BCUT2D eigenvalue weighted by Crippen LogP contribution is -2.57. The van der Waals surface area contributed by atoms with E-state index in [2.05, 4.69) is 19.2 Å². The van der Waals surface area contributed by atoms with Crippen LogP contribution in [-0.4, -0.2) is 22.7 Å². The molecule has 0 saturated heterocycles. The first-order chi connectivity index (χ1) is 7.37. The Kier molecular flexibility index (Phi) is 4.36. The van der Waals surface area contributed by atoms with Crippen molar-refractivity contribution in [1.82, 2.24) is 5.32 Å². The van der Waals surface area contributed by atoms with Crippen LogP contribution in [-0.2, 0) is 4.79 Å². The van der Waals surface area contributed by atoms with Gasteiger partial charge in [0.15, 0.2) is 0 Å². The van der Waals surface area contributed by atoms with Gasteiger partial charge in [-0.1, -0.05) is 26.7 Å². The average Bonchev–Trinajstić information content (AvgIpc) is 2.16. The summed E-state index contributed by atoms with van der Waals surface area (Å²) in [4.78, 5) is 11.5. The molecule has 0 heterocycles. The summed E-state index contributed by atoms with van der Waals surface area (Å²) in [6.45, 7) is 8.42. The average molecular weight is 227 g/mol. The molecule has 1 saturated carbocycles. The van der Waals surface area contributed by atoms with E-state index in [1.807, 2.05) is 13.8 Å². The fourth-order valence-corrected chi connectivity index (χ4v) is 2.83. The predicted octanol–water partition coefficient (Wildman–Crippen LogP) is 2.65. The van der Waals surface area contributed by atoms with Crippen LogP contribution in [0.25, 0.3) is 0 Å². The van der Waals surface area contributed by atoms with Gasteiger partial charge >= 0.3 is 5.97 Å². The maximum atomic E-state index is 11.5. The molecule has 1 aliphatic carbocycles. The Hall–Kier alpha value is -0.570. The number of carboxylic acids is 1. The van der Waals surface area contributed by atoms with Crippen molar-refractivity contribution in [2.45, 2.75) is 65.0 Å². The fourth-order valence-electron chi connectivity index (χ4n) is 2.83. The topological polar surface area (TPSA) is 49.3 Å². The first kappa shape index (κ1) is 13.5. The van der Waals surface area contributed by atoms with Crippen LogP contribution in [0, 0.1) is 11.8 Å². The monoisotopic (exact) mass is 227 g/mol. The van der Waals surface area contributed by atoms with Crippen LogP contribution < -0.4 is 5.32 Å². The van der Waals surface area contributed by atoms with Gasteiger partial charge in [0, 0.05) is 6.04 Å². The summed E-state index contributed by atoms with van der Waals surface area (Å²) >= 11 is 0. The van der Waals surface area contributed by atoms with Crippen molar-refractivity contribution in [1.29, 1.82) is 0 Å². The Labute approximate surface area is 98.6 Å². The lowest BCUT2D eigenvalue weighted by molar-refractivity contribution is -0.148. The summed E-state index contributed by atoms with van der Waals surface area (Å²) < 4.78 is 0. The Balaban J connectivity index is 2.80. The van der Waals surface area contributed by atoms with Gasteiger partial charge in [-0.2, -0.15) is 0 Å².